The van der Waals surface area contributed by atoms with Gasteiger partial charge in [-0.3, -0.25) is 14.6 Å². The molecule has 0 aliphatic carbocycles. The molecule has 2 aromatic carbocycles. The van der Waals surface area contributed by atoms with Gasteiger partial charge < -0.3 is 5.11 Å². The van der Waals surface area contributed by atoms with Crippen LogP contribution in [0.2, 0.25) is 0 Å². The van der Waals surface area contributed by atoms with E-state index in [9.17, 15) is 9.18 Å². The molecule has 9 nitrogen and oxygen atoms in total. The van der Waals surface area contributed by atoms with Crippen LogP contribution >= 0.6 is 0 Å². The summed E-state index contributed by atoms with van der Waals surface area (Å²) in [7, 11) is 0. The SMILES string of the molecule is O=C(NOCCO)c1ccc(-c2ccc3nnn(Cc4ccc5ncccc5c4)c3n2)cc1F. The van der Waals surface area contributed by atoms with Crippen molar-refractivity contribution in [3.63, 3.8) is 0 Å². The molecule has 1 amide bonds. The Hall–Kier alpha value is -4.28. The molecule has 0 radical (unpaired) electrons. The summed E-state index contributed by atoms with van der Waals surface area (Å²) in [5.74, 6) is -1.46. The van der Waals surface area contributed by atoms with E-state index in [2.05, 4.69) is 25.8 Å². The maximum atomic E-state index is 14.6. The summed E-state index contributed by atoms with van der Waals surface area (Å²) in [6.45, 7) is 0.103. The third-order valence-electron chi connectivity index (χ3n) is 5.23. The quantitative estimate of drug-likeness (QED) is 0.285. The van der Waals surface area contributed by atoms with Crippen LogP contribution in [0.4, 0.5) is 4.39 Å². The van der Waals surface area contributed by atoms with Crippen molar-refractivity contribution in [1.82, 2.24) is 30.4 Å². The Morgan fingerprint density at radius 1 is 1.09 bits per heavy atom. The summed E-state index contributed by atoms with van der Waals surface area (Å²) in [6, 6.07) is 17.6. The zero-order valence-electron chi connectivity index (χ0n) is 17.8. The molecule has 0 saturated heterocycles. The number of carbonyl (C=O) groups is 1. The molecule has 2 N–H and O–H groups in total. The highest BCUT2D eigenvalue weighted by Crippen LogP contribution is 2.23. The second-order valence-corrected chi connectivity index (χ2v) is 7.51. The molecule has 0 bridgehead atoms. The van der Waals surface area contributed by atoms with Crippen molar-refractivity contribution < 1.29 is 19.1 Å². The van der Waals surface area contributed by atoms with E-state index in [4.69, 9.17) is 9.94 Å². The molecule has 3 aromatic heterocycles. The maximum absolute atomic E-state index is 14.6. The Morgan fingerprint density at radius 2 is 1.97 bits per heavy atom. The fourth-order valence-corrected chi connectivity index (χ4v) is 3.59. The lowest BCUT2D eigenvalue weighted by Gasteiger charge is -2.08. The average Bonchev–Trinajstić information content (AvgIpc) is 3.26. The van der Waals surface area contributed by atoms with Gasteiger partial charge in [-0.2, -0.15) is 0 Å². The van der Waals surface area contributed by atoms with E-state index in [1.54, 1.807) is 29.1 Å². The molecule has 0 fully saturated rings. The molecular weight excluding hydrogens is 439 g/mol. The molecule has 0 spiro atoms. The molecule has 34 heavy (non-hydrogen) atoms. The lowest BCUT2D eigenvalue weighted by molar-refractivity contribution is 0.0165. The highest BCUT2D eigenvalue weighted by atomic mass is 19.1. The van der Waals surface area contributed by atoms with E-state index in [1.165, 1.54) is 12.1 Å². The van der Waals surface area contributed by atoms with Gasteiger partial charge in [-0.1, -0.05) is 23.4 Å². The first-order chi connectivity index (χ1) is 16.6. The van der Waals surface area contributed by atoms with Gasteiger partial charge in [0.25, 0.3) is 5.91 Å². The van der Waals surface area contributed by atoms with E-state index >= 15 is 0 Å². The highest BCUT2D eigenvalue weighted by Gasteiger charge is 2.15. The van der Waals surface area contributed by atoms with E-state index in [0.717, 1.165) is 16.5 Å². The van der Waals surface area contributed by atoms with Crippen LogP contribution in [0.1, 0.15) is 15.9 Å². The average molecular weight is 458 g/mol. The summed E-state index contributed by atoms with van der Waals surface area (Å²) in [4.78, 5) is 25.8. The van der Waals surface area contributed by atoms with Gasteiger partial charge in [0.1, 0.15) is 11.3 Å². The Kier molecular flexibility index (Phi) is 5.90. The molecule has 0 aliphatic rings. The second-order valence-electron chi connectivity index (χ2n) is 7.51. The van der Waals surface area contributed by atoms with Crippen molar-refractivity contribution in [2.75, 3.05) is 13.2 Å². The first kappa shape index (κ1) is 21.6. The number of hydroxylamine groups is 1. The van der Waals surface area contributed by atoms with Crippen LogP contribution in [0.15, 0.2) is 66.9 Å². The van der Waals surface area contributed by atoms with Crippen LogP contribution in [0, 0.1) is 5.82 Å². The first-order valence-electron chi connectivity index (χ1n) is 10.5. The van der Waals surface area contributed by atoms with E-state index in [1.807, 2.05) is 30.3 Å². The third kappa shape index (κ3) is 4.32. The zero-order chi connectivity index (χ0) is 23.5. The smallest absolute Gasteiger partial charge is 0.277 e. The fourth-order valence-electron chi connectivity index (χ4n) is 3.59. The first-order valence-corrected chi connectivity index (χ1v) is 10.5. The summed E-state index contributed by atoms with van der Waals surface area (Å²) < 4.78 is 16.3. The van der Waals surface area contributed by atoms with Gasteiger partial charge in [0.2, 0.25) is 0 Å². The van der Waals surface area contributed by atoms with Crippen LogP contribution in [-0.2, 0) is 11.4 Å². The number of halogens is 1. The van der Waals surface area contributed by atoms with E-state index < -0.39 is 11.7 Å². The van der Waals surface area contributed by atoms with Crippen molar-refractivity contribution in [3.8, 4) is 11.3 Å². The minimum atomic E-state index is -0.742. The second kappa shape index (κ2) is 9.30. The Balaban J connectivity index is 1.42. The zero-order valence-corrected chi connectivity index (χ0v) is 17.8. The maximum Gasteiger partial charge on any atom is 0.277 e. The van der Waals surface area contributed by atoms with Crippen LogP contribution < -0.4 is 5.48 Å². The van der Waals surface area contributed by atoms with Crippen LogP contribution in [0.5, 0.6) is 0 Å². The van der Waals surface area contributed by atoms with Gasteiger partial charge >= 0.3 is 0 Å². The normalized spacial score (nSPS) is 11.2. The summed E-state index contributed by atoms with van der Waals surface area (Å²) in [5.41, 5.74) is 6.02. The van der Waals surface area contributed by atoms with Crippen molar-refractivity contribution in [2.24, 2.45) is 0 Å². The largest absolute Gasteiger partial charge is 0.394 e. The van der Waals surface area contributed by atoms with Crippen LogP contribution in [0.25, 0.3) is 33.3 Å². The number of rotatable bonds is 7. The molecule has 0 saturated carbocycles. The van der Waals surface area contributed by atoms with Gasteiger partial charge in [0.15, 0.2) is 5.65 Å². The Bertz CT molecular complexity index is 1500. The van der Waals surface area contributed by atoms with Crippen molar-refractivity contribution >= 4 is 28.0 Å². The van der Waals surface area contributed by atoms with Gasteiger partial charge in [-0.05, 0) is 48.0 Å². The molecule has 0 aliphatic heterocycles. The lowest BCUT2D eigenvalue weighted by Crippen LogP contribution is -2.26. The summed E-state index contributed by atoms with van der Waals surface area (Å²) in [5, 5.41) is 18.1. The molecule has 10 heteroatoms. The number of aliphatic hydroxyl groups is 1. The minimum absolute atomic E-state index is 0.0901. The number of aliphatic hydroxyl groups excluding tert-OH is 1. The van der Waals surface area contributed by atoms with Gasteiger partial charge in [-0.15, -0.1) is 5.10 Å². The molecule has 3 heterocycles. The number of hydrogen-bond acceptors (Lipinski definition) is 7. The number of hydrogen-bond donors (Lipinski definition) is 2. The molecule has 0 atom stereocenters. The Morgan fingerprint density at radius 3 is 2.82 bits per heavy atom. The molecule has 5 rings (SSSR count). The molecule has 0 unspecified atom stereocenters. The predicted octanol–water partition coefficient (Wildman–Crippen LogP) is 2.88. The topological polar surface area (TPSA) is 115 Å². The number of pyridine rings is 2. The minimum Gasteiger partial charge on any atom is -0.394 e. The standard InChI is InChI=1S/C24H19FN6O3/c25-19-13-17(4-5-18(19)24(33)29-34-11-10-32)21-7-8-22-23(27-21)31(30-28-22)14-15-3-6-20-16(12-15)2-1-9-26-20/h1-9,12-13,32H,10-11,14H2,(H,29,33). The van der Waals surface area contributed by atoms with Crippen LogP contribution in [-0.4, -0.2) is 49.2 Å². The molecule has 5 aromatic rings. The van der Waals surface area contributed by atoms with Gasteiger partial charge in [0, 0.05) is 17.1 Å². The lowest BCUT2D eigenvalue weighted by atomic mass is 10.1. The van der Waals surface area contributed by atoms with Crippen LogP contribution in [0.3, 0.4) is 0 Å². The van der Waals surface area contributed by atoms with Crippen molar-refractivity contribution in [2.45, 2.75) is 6.54 Å². The summed E-state index contributed by atoms with van der Waals surface area (Å²) in [6.07, 6.45) is 1.76. The van der Waals surface area contributed by atoms with Crippen molar-refractivity contribution in [3.05, 3.63) is 83.8 Å². The van der Waals surface area contributed by atoms with Gasteiger partial charge in [0.05, 0.1) is 36.5 Å². The third-order valence-corrected chi connectivity index (χ3v) is 5.23. The monoisotopic (exact) mass is 458 g/mol. The van der Waals surface area contributed by atoms with Gasteiger partial charge in [-0.25, -0.2) is 19.5 Å². The summed E-state index contributed by atoms with van der Waals surface area (Å²) >= 11 is 0. The number of benzene rings is 2. The number of carbonyl (C=O) groups excluding carboxylic acids is 1. The highest BCUT2D eigenvalue weighted by molar-refractivity contribution is 5.94. The molecule has 170 valence electrons. The predicted molar refractivity (Wildman–Crippen MR) is 122 cm³/mol. The fraction of sp³-hybridized carbons (Fsp3) is 0.125. The van der Waals surface area contributed by atoms with Crippen molar-refractivity contribution in [1.29, 1.82) is 0 Å². The molecular formula is C24H19FN6O3. The Labute approximate surface area is 192 Å². The van der Waals surface area contributed by atoms with E-state index in [0.29, 0.717) is 29.0 Å². The number of nitrogens with one attached hydrogen (secondary N) is 1. The number of fused-ring (bicyclic) bond motifs is 2. The number of amides is 1. The number of aromatic nitrogens is 5. The van der Waals surface area contributed by atoms with E-state index in [-0.39, 0.29) is 18.8 Å². The number of nitrogens with zero attached hydrogens (tertiary/aromatic N) is 5.